The molecule has 0 aliphatic heterocycles. The van der Waals surface area contributed by atoms with Crippen LogP contribution in [-0.4, -0.2) is 76.2 Å². The van der Waals surface area contributed by atoms with Crippen molar-refractivity contribution in [3.63, 3.8) is 0 Å². The summed E-state index contributed by atoms with van der Waals surface area (Å²) in [5, 5.41) is 21.1. The molecule has 0 spiro atoms. The maximum Gasteiger partial charge on any atom is 0.460 e. The Labute approximate surface area is 257 Å². The van der Waals surface area contributed by atoms with Crippen LogP contribution in [0.3, 0.4) is 0 Å². The number of hydrogen-bond donors (Lipinski definition) is 2. The highest BCUT2D eigenvalue weighted by molar-refractivity contribution is 5.97. The minimum Gasteiger partial charge on any atom is -0.507 e. The fourth-order valence-electron chi connectivity index (χ4n) is 4.26. The highest BCUT2D eigenvalue weighted by atomic mass is 19.4. The summed E-state index contributed by atoms with van der Waals surface area (Å²) >= 11 is 0. The van der Waals surface area contributed by atoms with Crippen molar-refractivity contribution >= 4 is 17.0 Å². The summed E-state index contributed by atoms with van der Waals surface area (Å²) in [5.41, 5.74) is -0.587. The van der Waals surface area contributed by atoms with Crippen LogP contribution in [-0.2, 0) is 6.42 Å². The number of phenols is 1. The van der Waals surface area contributed by atoms with Gasteiger partial charge in [-0.2, -0.15) is 74.6 Å². The highest BCUT2D eigenvalue weighted by Crippen LogP contribution is 2.64. The quantitative estimate of drug-likeness (QED) is 0.145. The molecule has 3 nitrogen and oxygen atoms in total. The van der Waals surface area contributed by atoms with Gasteiger partial charge in [0.05, 0.1) is 6.04 Å². The number of aromatic hydroxyl groups is 1. The van der Waals surface area contributed by atoms with Crippen molar-refractivity contribution in [1.29, 1.82) is 0 Å². The summed E-state index contributed by atoms with van der Waals surface area (Å²) in [6.45, 7) is 0. The molecule has 48 heavy (non-hydrogen) atoms. The predicted molar refractivity (Wildman–Crippen MR) is 134 cm³/mol. The van der Waals surface area contributed by atoms with Gasteiger partial charge in [-0.1, -0.05) is 60.7 Å². The Hall–Kier alpha value is -3.84. The van der Waals surface area contributed by atoms with Gasteiger partial charge >= 0.3 is 47.6 Å². The average Bonchev–Trinajstić information content (AvgIpc) is 2.99. The molecule has 0 radical (unpaired) electrons. The van der Waals surface area contributed by atoms with Crippen LogP contribution in [0.15, 0.2) is 71.7 Å². The molecule has 0 aliphatic rings. The number of aliphatic hydroxyl groups excluding tert-OH is 1. The van der Waals surface area contributed by atoms with E-state index in [1.165, 1.54) is 48.5 Å². The molecular weight excluding hydrogens is 705 g/mol. The van der Waals surface area contributed by atoms with Gasteiger partial charge in [-0.25, -0.2) is 0 Å². The number of alkyl halides is 17. The molecule has 20 heteroatoms. The van der Waals surface area contributed by atoms with Crippen LogP contribution in [0.4, 0.5) is 74.6 Å². The first-order valence-corrected chi connectivity index (χ1v) is 12.8. The third kappa shape index (κ3) is 5.89. The second-order valence-corrected chi connectivity index (χ2v) is 10.3. The third-order valence-corrected chi connectivity index (χ3v) is 7.11. The summed E-state index contributed by atoms with van der Waals surface area (Å²) in [4.78, 5) is 3.36. The van der Waals surface area contributed by atoms with Gasteiger partial charge in [0.2, 0.25) is 0 Å². The molecule has 0 saturated carbocycles. The monoisotopic (exact) mass is 723 g/mol. The third-order valence-electron chi connectivity index (χ3n) is 7.11. The summed E-state index contributed by atoms with van der Waals surface area (Å²) in [7, 11) is 0. The predicted octanol–water partition coefficient (Wildman–Crippen LogP) is 8.95. The van der Waals surface area contributed by atoms with E-state index in [1.807, 2.05) is 0 Å². The summed E-state index contributed by atoms with van der Waals surface area (Å²) in [6, 6.07) is 11.1. The standard InChI is InChI=1S/C28H18F17NO2/c29-21(30,22(31,32)23(33,34)24(35,36)25(37,38)26(39,40)27(41,42)28(43,44)45)20(48)18(12-14-6-2-1-3-7-14)46-13-16-11-10-15-8-4-5-9-17(15)19(16)47/h1-11,13,18,20,47-48H,12H2/t18-,20-/m0/s1. The molecule has 0 amide bonds. The van der Waals surface area contributed by atoms with Crippen molar-refractivity contribution in [1.82, 2.24) is 0 Å². The Morgan fingerprint density at radius 3 is 1.54 bits per heavy atom. The van der Waals surface area contributed by atoms with Crippen LogP contribution in [0, 0.1) is 0 Å². The van der Waals surface area contributed by atoms with E-state index in [0.29, 0.717) is 11.6 Å². The van der Waals surface area contributed by atoms with Gasteiger partial charge in [0.15, 0.2) is 0 Å². The lowest BCUT2D eigenvalue weighted by Gasteiger charge is -2.43. The number of halogens is 17. The highest BCUT2D eigenvalue weighted by Gasteiger charge is 2.95. The Balaban J connectivity index is 2.11. The number of phenolic OH excluding ortho intramolecular Hbond substituents is 1. The lowest BCUT2D eigenvalue weighted by Crippen LogP contribution is -2.75. The van der Waals surface area contributed by atoms with Crippen LogP contribution < -0.4 is 0 Å². The van der Waals surface area contributed by atoms with Crippen molar-refractivity contribution < 1.29 is 84.9 Å². The number of hydrogen-bond acceptors (Lipinski definition) is 3. The molecule has 0 aliphatic carbocycles. The van der Waals surface area contributed by atoms with Gasteiger partial charge in [-0.05, 0) is 23.4 Å². The zero-order chi connectivity index (χ0) is 36.9. The number of nitrogens with zero attached hydrogens (tertiary/aromatic N) is 1. The second-order valence-electron chi connectivity index (χ2n) is 10.3. The minimum absolute atomic E-state index is 0.0918. The Bertz CT molecular complexity index is 1620. The SMILES string of the molecule is Oc1c(C=N[C@@H](Cc2ccccc2)[C@H](O)C(F)(F)C(F)(F)C(F)(F)C(F)(F)C(F)(F)C(F)(F)C(F)(F)C(F)(F)F)ccc2ccccc12. The molecule has 0 bridgehead atoms. The van der Waals surface area contributed by atoms with Crippen LogP contribution in [0.2, 0.25) is 0 Å². The fourth-order valence-corrected chi connectivity index (χ4v) is 4.26. The molecule has 3 aromatic carbocycles. The molecule has 3 aromatic rings. The number of aliphatic hydroxyl groups is 1. The van der Waals surface area contributed by atoms with Crippen molar-refractivity contribution in [3.05, 3.63) is 77.9 Å². The van der Waals surface area contributed by atoms with E-state index < -0.39 is 77.5 Å². The van der Waals surface area contributed by atoms with Gasteiger partial charge in [-0.3, -0.25) is 4.99 Å². The van der Waals surface area contributed by atoms with E-state index >= 15 is 0 Å². The lowest BCUT2D eigenvalue weighted by atomic mass is 9.85. The molecule has 0 heterocycles. The Kier molecular flexibility index (Phi) is 9.85. The van der Waals surface area contributed by atoms with Crippen LogP contribution in [0.1, 0.15) is 11.1 Å². The molecule has 266 valence electrons. The number of rotatable bonds is 12. The lowest BCUT2D eigenvalue weighted by molar-refractivity contribution is -0.464. The van der Waals surface area contributed by atoms with Gasteiger partial charge < -0.3 is 10.2 Å². The molecule has 3 rings (SSSR count). The van der Waals surface area contributed by atoms with Gasteiger partial charge in [-0.15, -0.1) is 0 Å². The summed E-state index contributed by atoms with van der Waals surface area (Å²) in [5.74, 6) is -58.9. The topological polar surface area (TPSA) is 52.8 Å². The van der Waals surface area contributed by atoms with E-state index in [2.05, 4.69) is 4.99 Å². The average molecular weight is 723 g/mol. The fraction of sp³-hybridized carbons (Fsp3) is 0.393. The van der Waals surface area contributed by atoms with Crippen molar-refractivity contribution in [2.75, 3.05) is 0 Å². The van der Waals surface area contributed by atoms with E-state index in [0.717, 1.165) is 18.2 Å². The molecule has 2 N–H and O–H groups in total. The summed E-state index contributed by atoms with van der Waals surface area (Å²) in [6.07, 6.45) is -13.0. The van der Waals surface area contributed by atoms with Crippen LogP contribution in [0.25, 0.3) is 10.8 Å². The normalized spacial score (nSPS) is 16.0. The van der Waals surface area contributed by atoms with Crippen LogP contribution >= 0.6 is 0 Å². The Morgan fingerprint density at radius 1 is 0.562 bits per heavy atom. The van der Waals surface area contributed by atoms with Gasteiger partial charge in [0.25, 0.3) is 0 Å². The molecular formula is C28H18F17NO2. The van der Waals surface area contributed by atoms with Crippen molar-refractivity contribution in [2.45, 2.75) is 66.2 Å². The molecule has 2 atom stereocenters. The maximum absolute atomic E-state index is 15.0. The second kappa shape index (κ2) is 12.2. The number of aliphatic imine (C=N–C) groups is 1. The molecule has 0 fully saturated rings. The van der Waals surface area contributed by atoms with Crippen molar-refractivity contribution in [3.8, 4) is 5.75 Å². The molecule has 0 unspecified atom stereocenters. The van der Waals surface area contributed by atoms with E-state index in [1.54, 1.807) is 0 Å². The van der Waals surface area contributed by atoms with E-state index in [-0.39, 0.29) is 10.9 Å². The van der Waals surface area contributed by atoms with Gasteiger partial charge in [0, 0.05) is 17.2 Å². The smallest absolute Gasteiger partial charge is 0.460 e. The number of benzene rings is 3. The molecule has 0 saturated heterocycles. The minimum atomic E-state index is -8.79. The van der Waals surface area contributed by atoms with E-state index in [4.69, 9.17) is 0 Å². The Morgan fingerprint density at radius 2 is 1.02 bits per heavy atom. The first-order chi connectivity index (χ1) is 21.6. The first kappa shape index (κ1) is 38.6. The zero-order valence-electron chi connectivity index (χ0n) is 23.1. The van der Waals surface area contributed by atoms with E-state index in [9.17, 15) is 84.9 Å². The molecule has 0 aromatic heterocycles. The largest absolute Gasteiger partial charge is 0.507 e. The summed E-state index contributed by atoms with van der Waals surface area (Å²) < 4.78 is 234. The van der Waals surface area contributed by atoms with Crippen LogP contribution in [0.5, 0.6) is 5.75 Å². The first-order valence-electron chi connectivity index (χ1n) is 12.8. The van der Waals surface area contributed by atoms with Gasteiger partial charge in [0.1, 0.15) is 11.9 Å². The van der Waals surface area contributed by atoms with Crippen molar-refractivity contribution in [2.24, 2.45) is 4.99 Å². The maximum atomic E-state index is 15.0. The number of fused-ring (bicyclic) bond motifs is 1. The zero-order valence-corrected chi connectivity index (χ0v) is 23.1.